The van der Waals surface area contributed by atoms with Gasteiger partial charge in [-0.1, -0.05) is 0 Å². The third kappa shape index (κ3) is 5.98. The lowest BCUT2D eigenvalue weighted by atomic mass is 10.2. The van der Waals surface area contributed by atoms with Crippen LogP contribution in [0.2, 0.25) is 0 Å². The van der Waals surface area contributed by atoms with Crippen molar-refractivity contribution in [2.24, 2.45) is 11.5 Å². The van der Waals surface area contributed by atoms with Crippen LogP contribution in [-0.4, -0.2) is 62.2 Å². The smallest absolute Gasteiger partial charge is 0.328 e. The molecular formula is C12H20N6O7. The second-order valence-corrected chi connectivity index (χ2v) is 5.16. The number of aromatic nitrogens is 2. The minimum atomic E-state index is -1.55. The van der Waals surface area contributed by atoms with E-state index in [0.717, 1.165) is 0 Å². The number of hydrogen-bond donors (Lipinski definition) is 7. The number of aliphatic hydroxyl groups is 2. The molecule has 0 saturated carbocycles. The molecule has 0 aromatic carbocycles. The van der Waals surface area contributed by atoms with Crippen LogP contribution in [0.5, 0.6) is 0 Å². The number of urea groups is 1. The van der Waals surface area contributed by atoms with Gasteiger partial charge in [-0.2, -0.15) is 0 Å². The van der Waals surface area contributed by atoms with Gasteiger partial charge in [-0.3, -0.25) is 4.79 Å². The molecule has 0 fully saturated rings. The number of carboxylic acids is 1. The SMILES string of the molecule is CC(O)[C@@H](N)c1nnc([C@@H](CC(N)=O)NC(=O)N[C@H](CO)C(=O)O)o1. The summed E-state index contributed by atoms with van der Waals surface area (Å²) in [6.07, 6.45) is -1.41. The highest BCUT2D eigenvalue weighted by Gasteiger charge is 2.27. The number of aliphatic carboxylic acids is 1. The van der Waals surface area contributed by atoms with E-state index >= 15 is 0 Å². The summed E-state index contributed by atoms with van der Waals surface area (Å²) in [7, 11) is 0. The molecule has 4 atom stereocenters. The van der Waals surface area contributed by atoms with Gasteiger partial charge in [0.25, 0.3) is 0 Å². The van der Waals surface area contributed by atoms with Gasteiger partial charge in [-0.05, 0) is 6.92 Å². The lowest BCUT2D eigenvalue weighted by Crippen LogP contribution is -2.49. The molecule has 0 aliphatic rings. The van der Waals surface area contributed by atoms with Crippen molar-refractivity contribution in [2.45, 2.75) is 37.6 Å². The lowest BCUT2D eigenvalue weighted by Gasteiger charge is -2.17. The number of hydrogen-bond acceptors (Lipinski definition) is 9. The fraction of sp³-hybridized carbons (Fsp3) is 0.583. The Morgan fingerprint density at radius 1 is 1.24 bits per heavy atom. The Kier molecular flexibility index (Phi) is 7.22. The van der Waals surface area contributed by atoms with Gasteiger partial charge >= 0.3 is 12.0 Å². The number of nitrogens with zero attached hydrogens (tertiary/aromatic N) is 2. The maximum absolute atomic E-state index is 11.8. The van der Waals surface area contributed by atoms with Gasteiger partial charge in [-0.15, -0.1) is 10.2 Å². The van der Waals surface area contributed by atoms with Crippen molar-refractivity contribution in [3.63, 3.8) is 0 Å². The second kappa shape index (κ2) is 8.91. The van der Waals surface area contributed by atoms with E-state index in [1.54, 1.807) is 0 Å². The van der Waals surface area contributed by atoms with Crippen LogP contribution in [0, 0.1) is 0 Å². The highest BCUT2D eigenvalue weighted by atomic mass is 16.4. The van der Waals surface area contributed by atoms with E-state index < -0.39 is 55.2 Å². The van der Waals surface area contributed by atoms with Gasteiger partial charge in [-0.25, -0.2) is 9.59 Å². The molecule has 25 heavy (non-hydrogen) atoms. The van der Waals surface area contributed by atoms with Gasteiger partial charge in [0.15, 0.2) is 6.04 Å². The fourth-order valence-electron chi connectivity index (χ4n) is 1.67. The molecule has 13 heteroatoms. The second-order valence-electron chi connectivity index (χ2n) is 5.16. The maximum atomic E-state index is 11.8. The van der Waals surface area contributed by atoms with E-state index in [1.807, 2.05) is 5.32 Å². The van der Waals surface area contributed by atoms with E-state index in [4.69, 9.17) is 26.1 Å². The van der Waals surface area contributed by atoms with Gasteiger partial charge in [0.05, 0.1) is 19.1 Å². The molecule has 1 unspecified atom stereocenters. The minimum Gasteiger partial charge on any atom is -0.480 e. The van der Waals surface area contributed by atoms with Crippen molar-refractivity contribution < 1.29 is 34.1 Å². The number of carbonyl (C=O) groups excluding carboxylic acids is 2. The molecule has 140 valence electrons. The first-order valence-corrected chi connectivity index (χ1v) is 7.11. The van der Waals surface area contributed by atoms with E-state index in [2.05, 4.69) is 15.5 Å². The topological polar surface area (TPSA) is 227 Å². The molecule has 1 rings (SSSR count). The zero-order valence-electron chi connectivity index (χ0n) is 13.2. The normalized spacial score (nSPS) is 15.7. The number of nitrogens with two attached hydrogens (primary N) is 2. The summed E-state index contributed by atoms with van der Waals surface area (Å²) in [6, 6.07) is -4.69. The number of carbonyl (C=O) groups is 3. The third-order valence-corrected chi connectivity index (χ3v) is 3.06. The van der Waals surface area contributed by atoms with Crippen molar-refractivity contribution >= 4 is 17.9 Å². The van der Waals surface area contributed by atoms with E-state index in [0.29, 0.717) is 0 Å². The Bertz CT molecular complexity index is 619. The monoisotopic (exact) mass is 360 g/mol. The van der Waals surface area contributed by atoms with Crippen LogP contribution in [0.4, 0.5) is 4.79 Å². The number of amides is 3. The predicted molar refractivity (Wildman–Crippen MR) is 79.6 cm³/mol. The lowest BCUT2D eigenvalue weighted by molar-refractivity contribution is -0.140. The molecule has 13 nitrogen and oxygen atoms in total. The Morgan fingerprint density at radius 2 is 1.84 bits per heavy atom. The number of carboxylic acid groups (broad SMARTS) is 1. The van der Waals surface area contributed by atoms with Crippen LogP contribution in [-0.2, 0) is 9.59 Å². The zero-order chi connectivity index (χ0) is 19.1. The van der Waals surface area contributed by atoms with Gasteiger partial charge in [0.2, 0.25) is 17.7 Å². The van der Waals surface area contributed by atoms with Crippen molar-refractivity contribution in [2.75, 3.05) is 6.61 Å². The Balaban J connectivity index is 2.89. The Morgan fingerprint density at radius 3 is 2.32 bits per heavy atom. The van der Waals surface area contributed by atoms with E-state index in [-0.39, 0.29) is 11.8 Å². The average Bonchev–Trinajstić information content (AvgIpc) is 3.00. The highest BCUT2D eigenvalue weighted by molar-refractivity contribution is 5.83. The summed E-state index contributed by atoms with van der Waals surface area (Å²) >= 11 is 0. The molecule has 0 saturated heterocycles. The van der Waals surface area contributed by atoms with E-state index in [9.17, 15) is 19.5 Å². The Labute approximate surface area is 141 Å². The minimum absolute atomic E-state index is 0.125. The molecule has 0 radical (unpaired) electrons. The average molecular weight is 360 g/mol. The third-order valence-electron chi connectivity index (χ3n) is 3.06. The summed E-state index contributed by atoms with van der Waals surface area (Å²) in [5, 5.41) is 38.5. The standard InChI is InChI=1S/C12H20N6O7/c1-4(20)8(14)10-18-17-9(25-10)5(2-7(13)21)15-12(24)16-6(3-19)11(22)23/h4-6,8,19-20H,2-3,14H2,1H3,(H2,13,21)(H,22,23)(H2,15,16,24)/t4?,5-,6-,8-/m1/s1. The van der Waals surface area contributed by atoms with Crippen molar-refractivity contribution in [1.82, 2.24) is 20.8 Å². The summed E-state index contributed by atoms with van der Waals surface area (Å²) < 4.78 is 5.23. The largest absolute Gasteiger partial charge is 0.480 e. The molecule has 1 aromatic heterocycles. The molecule has 1 aromatic rings. The number of primary amides is 1. The molecule has 0 aliphatic heterocycles. The summed E-state index contributed by atoms with van der Waals surface area (Å²) in [5.41, 5.74) is 10.7. The molecule has 1 heterocycles. The summed E-state index contributed by atoms with van der Waals surface area (Å²) in [5.74, 6) is -2.59. The van der Waals surface area contributed by atoms with Crippen molar-refractivity contribution in [1.29, 1.82) is 0 Å². The van der Waals surface area contributed by atoms with Gasteiger partial charge in [0.1, 0.15) is 12.1 Å². The van der Waals surface area contributed by atoms with Crippen LogP contribution >= 0.6 is 0 Å². The fourth-order valence-corrected chi connectivity index (χ4v) is 1.67. The van der Waals surface area contributed by atoms with Crippen LogP contribution in [0.1, 0.15) is 37.2 Å². The predicted octanol–water partition coefficient (Wildman–Crippen LogP) is -2.89. The number of rotatable bonds is 9. The van der Waals surface area contributed by atoms with Crippen LogP contribution in [0.15, 0.2) is 4.42 Å². The summed E-state index contributed by atoms with van der Waals surface area (Å²) in [6.45, 7) is 0.569. The quantitative estimate of drug-likeness (QED) is 0.238. The van der Waals surface area contributed by atoms with Gasteiger partial charge in [0, 0.05) is 0 Å². The van der Waals surface area contributed by atoms with Crippen LogP contribution < -0.4 is 22.1 Å². The number of aliphatic hydroxyl groups excluding tert-OH is 2. The van der Waals surface area contributed by atoms with Crippen LogP contribution in [0.25, 0.3) is 0 Å². The first-order valence-electron chi connectivity index (χ1n) is 7.11. The highest BCUT2D eigenvalue weighted by Crippen LogP contribution is 2.19. The maximum Gasteiger partial charge on any atom is 0.328 e. The molecule has 0 spiro atoms. The molecule has 9 N–H and O–H groups in total. The molecule has 0 bridgehead atoms. The zero-order valence-corrected chi connectivity index (χ0v) is 13.2. The first-order chi connectivity index (χ1) is 11.6. The van der Waals surface area contributed by atoms with Crippen LogP contribution in [0.3, 0.4) is 0 Å². The molecule has 3 amide bonds. The molecule has 0 aliphatic carbocycles. The van der Waals surface area contributed by atoms with Crippen molar-refractivity contribution in [3.05, 3.63) is 11.8 Å². The first kappa shape index (κ1) is 20.3. The van der Waals surface area contributed by atoms with E-state index in [1.165, 1.54) is 6.92 Å². The van der Waals surface area contributed by atoms with Crippen molar-refractivity contribution in [3.8, 4) is 0 Å². The van der Waals surface area contributed by atoms with Gasteiger partial charge < -0.3 is 41.8 Å². The number of nitrogens with one attached hydrogen (secondary N) is 2. The Hall–Kier alpha value is -2.77. The summed E-state index contributed by atoms with van der Waals surface area (Å²) in [4.78, 5) is 33.8. The molecular weight excluding hydrogens is 340 g/mol.